The quantitative estimate of drug-likeness (QED) is 0.00872. The standard InChI is InChI=1S/C50H63N4O12PSi.C37H38NO9P.C13H27N3O4Si/c1-31-41(63-48(44(45(31)55)53-54-51)66-68(6,7)50(3,4)5)30-59-47-43(52-49(56)60-28-40-38-23-15-13-21-36(38)37-22-14-16-24-39(37)40)32(2)46(42(64-47)29-58-25-33-17-9-8-10-18-33)65-67(57)61-26-34-19-11-12-20-35(34)27-62-67;1-24-34(38-37(40)43-22-32-30-17-9-7-15-28(30)29-16-8-10-18-31(29)32)36(39)46-33(23-42-19-25-11-3-2-4-12-25)35(24)47-48(41)44-20-26-13-5-6-14-27(26)21-45-48;1-8-9(7-17)19-12(10(11(8)18)15-16-14)20-21(5,6)13(2,3)4/h8-24,31-32,40-48,55H,25-30H2,1-7H3,(H,52,56);2-18,24,32-36,39H,19-23H2,1H3,(H,38,40);8-12,17-18H,7H2,1-6H3/t31-,32-,41?,42?,43?,44?,45+,46+,47-,48?;24-,33?,34?,35+,36?;8-,9?,10?,11+,12?/m111/s1. The van der Waals surface area contributed by atoms with Crippen LogP contribution in [0.4, 0.5) is 9.59 Å². The number of aliphatic hydroxyl groups excluding tert-OH is 4. The molecule has 8 aliphatic rings. The van der Waals surface area contributed by atoms with E-state index in [-0.39, 0.29) is 101 Å². The molecule has 2 amide bonds. The van der Waals surface area contributed by atoms with Gasteiger partial charge in [-0.15, -0.1) is 0 Å². The third-order valence-corrected chi connectivity index (χ3v) is 39.6. The van der Waals surface area contributed by atoms with E-state index in [0.717, 1.165) is 77.9 Å². The molecule has 0 saturated carbocycles. The summed E-state index contributed by atoms with van der Waals surface area (Å²) in [6, 6.07) is 62.8. The summed E-state index contributed by atoms with van der Waals surface area (Å²) in [5.41, 5.74) is 32.1. The van der Waals surface area contributed by atoms with Gasteiger partial charge in [0.2, 0.25) is 0 Å². The van der Waals surface area contributed by atoms with Crippen LogP contribution in [0.3, 0.4) is 0 Å². The Hall–Kier alpha value is -8.95. The Bertz CT molecular complexity index is 5450. The van der Waals surface area contributed by atoms with E-state index >= 15 is 0 Å². The number of carbonyl (C=O) groups excluding carboxylic acids is 2. The van der Waals surface area contributed by atoms with Gasteiger partial charge >= 0.3 is 27.8 Å². The maximum Gasteiger partial charge on any atom is 0.475 e. The number of ether oxygens (including phenoxy) is 9. The van der Waals surface area contributed by atoms with Crippen LogP contribution >= 0.6 is 15.6 Å². The van der Waals surface area contributed by atoms with E-state index < -0.39 is 160 Å². The predicted molar refractivity (Wildman–Crippen MR) is 514 cm³/mol. The van der Waals surface area contributed by atoms with Gasteiger partial charge in [0.15, 0.2) is 41.8 Å². The van der Waals surface area contributed by atoms with E-state index in [2.05, 4.69) is 110 Å². The molecule has 16 rings (SSSR count). The molecule has 736 valence electrons. The number of nitrogens with zero attached hydrogens (tertiary/aromatic N) is 6. The first-order valence-corrected chi connectivity index (χ1v) is 55.3. The van der Waals surface area contributed by atoms with Crippen molar-refractivity contribution >= 4 is 44.5 Å². The second-order valence-corrected chi connectivity index (χ2v) is 51.7. The maximum absolute atomic E-state index is 14.5. The number of aliphatic hydroxyl groups is 4. The first-order valence-electron chi connectivity index (χ1n) is 46.6. The molecule has 33 nitrogen and oxygen atoms in total. The third-order valence-electron chi connectivity index (χ3n) is 28.0. The Labute approximate surface area is 802 Å². The number of phosphoric ester groups is 2. The zero-order valence-electron chi connectivity index (χ0n) is 79.8. The van der Waals surface area contributed by atoms with E-state index in [1.807, 2.05) is 202 Å². The summed E-state index contributed by atoms with van der Waals surface area (Å²) in [7, 11) is -13.0. The number of benzene rings is 8. The van der Waals surface area contributed by atoms with Gasteiger partial charge in [-0.05, 0) is 125 Å². The van der Waals surface area contributed by atoms with Gasteiger partial charge in [-0.3, -0.25) is 27.1 Å². The summed E-state index contributed by atoms with van der Waals surface area (Å²) in [5.74, 6) is -2.56. The molecule has 4 saturated heterocycles. The third kappa shape index (κ3) is 25.0. The first-order chi connectivity index (χ1) is 65.5. The lowest BCUT2D eigenvalue weighted by Crippen LogP contribution is -2.63. The minimum absolute atomic E-state index is 0.0101. The number of hydrogen-bond donors (Lipinski definition) is 6. The van der Waals surface area contributed by atoms with Gasteiger partial charge in [0, 0.05) is 45.3 Å². The number of fused-ring (bicyclic) bond motifs is 8. The molecule has 2 aliphatic carbocycles. The molecule has 0 aromatic heterocycles. The molecule has 6 heterocycles. The van der Waals surface area contributed by atoms with Crippen molar-refractivity contribution in [2.45, 2.75) is 255 Å². The first kappa shape index (κ1) is 104. The van der Waals surface area contributed by atoms with Crippen LogP contribution in [0.1, 0.15) is 137 Å². The number of alkyl carbamates (subject to hydrolysis) is 2. The van der Waals surface area contributed by atoms with Crippen LogP contribution in [0.15, 0.2) is 216 Å². The van der Waals surface area contributed by atoms with Crippen molar-refractivity contribution in [2.75, 3.05) is 39.6 Å². The largest absolute Gasteiger partial charge is 0.475 e. The highest BCUT2D eigenvalue weighted by atomic mass is 31.2. The van der Waals surface area contributed by atoms with E-state index in [9.17, 15) is 44.7 Å². The van der Waals surface area contributed by atoms with Crippen LogP contribution in [-0.4, -0.2) is 187 Å². The molecule has 0 spiro atoms. The minimum Gasteiger partial charge on any atom is -0.449 e. The van der Waals surface area contributed by atoms with Gasteiger partial charge < -0.3 is 82.5 Å². The Kier molecular flexibility index (Phi) is 34.7. The fraction of sp³-hybridized carbons (Fsp3) is 0.500. The Balaban J connectivity index is 0.000000187. The van der Waals surface area contributed by atoms with Gasteiger partial charge in [0.05, 0.1) is 103 Å². The topological polar surface area (TPSA) is 428 Å². The molecule has 4 fully saturated rings. The Morgan fingerprint density at radius 3 is 1.13 bits per heavy atom. The lowest BCUT2D eigenvalue weighted by molar-refractivity contribution is -0.281. The van der Waals surface area contributed by atoms with Crippen molar-refractivity contribution in [2.24, 2.45) is 33.9 Å². The van der Waals surface area contributed by atoms with Gasteiger partial charge in [-0.1, -0.05) is 286 Å². The molecule has 20 atom stereocenters. The van der Waals surface area contributed by atoms with Gasteiger partial charge in [0.25, 0.3) is 0 Å². The fourth-order valence-electron chi connectivity index (χ4n) is 17.7. The Morgan fingerprint density at radius 1 is 0.431 bits per heavy atom. The highest BCUT2D eigenvalue weighted by Gasteiger charge is 2.55. The number of amides is 2. The van der Waals surface area contributed by atoms with Crippen LogP contribution in [0, 0.1) is 23.7 Å². The second kappa shape index (κ2) is 45.8. The summed E-state index contributed by atoms with van der Waals surface area (Å²) in [4.78, 5) is 33.2. The van der Waals surface area contributed by atoms with Crippen molar-refractivity contribution < 1.29 is 118 Å². The molecule has 6 aliphatic heterocycles. The molecule has 37 heteroatoms. The fourth-order valence-corrected chi connectivity index (χ4v) is 22.8. The zero-order valence-corrected chi connectivity index (χ0v) is 83.5. The summed E-state index contributed by atoms with van der Waals surface area (Å²) in [5, 5.41) is 55.5. The molecule has 137 heavy (non-hydrogen) atoms. The molecule has 0 radical (unpaired) electrons. The SMILES string of the molecule is C[C@@H]1C(CO)OC(O[Si](C)(C)C(C)(C)C)C(N=[N+]=[N-])[C@H]1O.C[C@@H]1C(CO[C@@H]2OC(COCc3ccccc3)[C@@H](OP3(=O)OCc4ccccc4CO3)[C@H](C)C2NC(=O)OCC2c3ccccc3-c3ccccc32)OC(O[Si](C)(C)C(C)(C)C)C(N=[N+]=[N-])[C@H]1O.C[C@@H]1C(NC(=O)OCC2c3ccccc3-c3ccccc32)C(O)OC(COCc2ccccc2)[C@H]1OP1(=O)OCc2ccccc2CO1. The minimum atomic E-state index is -4.26. The van der Waals surface area contributed by atoms with E-state index in [1.165, 1.54) is 0 Å². The maximum atomic E-state index is 14.5. The lowest BCUT2D eigenvalue weighted by Gasteiger charge is -2.48. The molecular weight excluding hydrogens is 1830 g/mol. The summed E-state index contributed by atoms with van der Waals surface area (Å²) < 4.78 is 133. The molecule has 0 bridgehead atoms. The highest BCUT2D eigenvalue weighted by molar-refractivity contribution is 7.48. The van der Waals surface area contributed by atoms with Crippen LogP contribution in [-0.2, 0) is 127 Å². The van der Waals surface area contributed by atoms with Gasteiger partial charge in [0.1, 0.15) is 49.7 Å². The second-order valence-electron chi connectivity index (χ2n) is 38.9. The van der Waals surface area contributed by atoms with Crippen LogP contribution in [0.25, 0.3) is 43.1 Å². The number of rotatable bonds is 28. The van der Waals surface area contributed by atoms with Crippen molar-refractivity contribution in [3.05, 3.63) is 283 Å². The van der Waals surface area contributed by atoms with Gasteiger partial charge in [-0.2, -0.15) is 0 Å². The normalized spacial score (nSPS) is 27.8. The van der Waals surface area contributed by atoms with E-state index in [0.29, 0.717) is 6.61 Å². The molecule has 8 aromatic carbocycles. The van der Waals surface area contributed by atoms with Crippen molar-refractivity contribution in [1.29, 1.82) is 0 Å². The average Bonchev–Trinajstić information content (AvgIpc) is 1.67. The van der Waals surface area contributed by atoms with Gasteiger partial charge in [-0.25, -0.2) is 18.7 Å². The lowest BCUT2D eigenvalue weighted by atomic mass is 9.88. The number of carbonyl (C=O) groups is 2. The molecule has 8 aromatic rings. The van der Waals surface area contributed by atoms with Crippen LogP contribution < -0.4 is 10.6 Å². The number of phosphoric acid groups is 2. The van der Waals surface area contributed by atoms with Crippen LogP contribution in [0.5, 0.6) is 0 Å². The zero-order chi connectivity index (χ0) is 97.7. The number of hydrogen-bond acceptors (Lipinski definition) is 27. The molecule has 11 unspecified atom stereocenters. The molecule has 6 N–H and O–H groups in total. The Morgan fingerprint density at radius 2 is 0.759 bits per heavy atom. The predicted octanol–water partition coefficient (Wildman–Crippen LogP) is 19.3. The average molecular weight is 1960 g/mol. The summed E-state index contributed by atoms with van der Waals surface area (Å²) >= 11 is 0. The van der Waals surface area contributed by atoms with E-state index in [1.54, 1.807) is 20.8 Å². The molecular formula is C100H128N8O25P2Si2. The monoisotopic (exact) mass is 1960 g/mol. The summed E-state index contributed by atoms with van der Waals surface area (Å²) in [6.07, 6.45) is -13.1. The summed E-state index contributed by atoms with van der Waals surface area (Å²) in [6.45, 7) is 28.2. The number of nitrogens with one attached hydrogen (secondary N) is 2. The van der Waals surface area contributed by atoms with Crippen molar-refractivity contribution in [1.82, 2.24) is 10.6 Å². The van der Waals surface area contributed by atoms with Crippen LogP contribution in [0.2, 0.25) is 36.3 Å². The van der Waals surface area contributed by atoms with Crippen molar-refractivity contribution in [3.8, 4) is 22.3 Å². The number of azide groups is 2. The highest BCUT2D eigenvalue weighted by Crippen LogP contribution is 2.58. The van der Waals surface area contributed by atoms with Crippen molar-refractivity contribution in [3.63, 3.8) is 0 Å². The van der Waals surface area contributed by atoms with E-state index in [4.69, 9.17) is 84.2 Å². The smallest absolute Gasteiger partial charge is 0.449 e.